The number of carbonyl (C=O) groups excluding carboxylic acids is 1. The zero-order chi connectivity index (χ0) is 8.69. The Morgan fingerprint density at radius 2 is 2.36 bits per heavy atom. The van der Waals surface area contributed by atoms with Crippen LogP contribution in [0.15, 0.2) is 0 Å². The second-order valence-electron chi connectivity index (χ2n) is 2.34. The number of hydrogen-bond donors (Lipinski definition) is 2. The van der Waals surface area contributed by atoms with E-state index in [1.54, 1.807) is 18.8 Å². The first-order valence-electron chi connectivity index (χ1n) is 3.73. The van der Waals surface area contributed by atoms with Crippen LogP contribution in [0.25, 0.3) is 0 Å². The van der Waals surface area contributed by atoms with Gasteiger partial charge in [-0.1, -0.05) is 6.92 Å². The summed E-state index contributed by atoms with van der Waals surface area (Å²) >= 11 is 1.73. The maximum absolute atomic E-state index is 10.7. The molecule has 0 saturated heterocycles. The molecule has 0 aromatic rings. The Morgan fingerprint density at radius 1 is 1.73 bits per heavy atom. The number of rotatable bonds is 5. The summed E-state index contributed by atoms with van der Waals surface area (Å²) in [5.74, 6) is 0.958. The van der Waals surface area contributed by atoms with Crippen molar-refractivity contribution >= 4 is 17.7 Å². The van der Waals surface area contributed by atoms with Crippen LogP contribution < -0.4 is 11.1 Å². The molecule has 0 spiro atoms. The van der Waals surface area contributed by atoms with Crippen LogP contribution in [0.2, 0.25) is 0 Å². The van der Waals surface area contributed by atoms with Crippen molar-refractivity contribution in [3.05, 3.63) is 0 Å². The molecule has 3 N–H and O–H groups in total. The molecule has 11 heavy (non-hydrogen) atoms. The zero-order valence-corrected chi connectivity index (χ0v) is 7.91. The molecule has 0 aliphatic rings. The molecule has 0 rings (SSSR count). The van der Waals surface area contributed by atoms with Crippen molar-refractivity contribution in [1.82, 2.24) is 5.32 Å². The summed E-state index contributed by atoms with van der Waals surface area (Å²) in [4.78, 5) is 10.7. The lowest BCUT2D eigenvalue weighted by molar-refractivity contribution is -0.120. The molecule has 0 radical (unpaired) electrons. The third-order valence-electron chi connectivity index (χ3n) is 1.34. The van der Waals surface area contributed by atoms with Crippen LogP contribution in [0.1, 0.15) is 13.3 Å². The highest BCUT2D eigenvalue weighted by Crippen LogP contribution is 2.09. The van der Waals surface area contributed by atoms with Crippen LogP contribution in [0.3, 0.4) is 0 Å². The minimum absolute atomic E-state index is 0.0988. The molecule has 0 aromatic heterocycles. The second kappa shape index (κ2) is 6.49. The quantitative estimate of drug-likeness (QED) is 0.629. The molecule has 0 fully saturated rings. The van der Waals surface area contributed by atoms with E-state index in [1.165, 1.54) is 0 Å². The van der Waals surface area contributed by atoms with Gasteiger partial charge in [0.1, 0.15) is 0 Å². The molecular formula is C7H16N2OS. The Bertz CT molecular complexity index is 119. The molecule has 1 unspecified atom stereocenters. The molecule has 1 atom stereocenters. The number of nitrogens with two attached hydrogens (primary N) is 1. The fourth-order valence-electron chi connectivity index (χ4n) is 0.546. The largest absolute Gasteiger partial charge is 0.359 e. The molecule has 0 aliphatic carbocycles. The summed E-state index contributed by atoms with van der Waals surface area (Å²) in [5.41, 5.74) is 5.40. The smallest absolute Gasteiger partial charge is 0.220 e. The van der Waals surface area contributed by atoms with E-state index in [9.17, 15) is 4.79 Å². The highest BCUT2D eigenvalue weighted by Gasteiger charge is 2.01. The first-order valence-corrected chi connectivity index (χ1v) is 4.77. The third kappa shape index (κ3) is 6.19. The summed E-state index contributed by atoms with van der Waals surface area (Å²) in [6.07, 6.45) is 0.589. The topological polar surface area (TPSA) is 55.1 Å². The van der Waals surface area contributed by atoms with E-state index in [1.807, 2.05) is 0 Å². The first kappa shape index (κ1) is 10.8. The van der Waals surface area contributed by atoms with Gasteiger partial charge in [0, 0.05) is 31.0 Å². The lowest BCUT2D eigenvalue weighted by atomic mass is 10.5. The van der Waals surface area contributed by atoms with Crippen LogP contribution in [-0.4, -0.2) is 30.5 Å². The van der Waals surface area contributed by atoms with Gasteiger partial charge < -0.3 is 11.1 Å². The van der Waals surface area contributed by atoms with Crippen LogP contribution in [0.4, 0.5) is 0 Å². The van der Waals surface area contributed by atoms with Gasteiger partial charge in [0.15, 0.2) is 0 Å². The fourth-order valence-corrected chi connectivity index (χ4v) is 1.39. The van der Waals surface area contributed by atoms with Crippen LogP contribution in [0.5, 0.6) is 0 Å². The van der Waals surface area contributed by atoms with E-state index >= 15 is 0 Å². The predicted octanol–water partition coefficient (Wildman–Crippen LogP) is 0.203. The normalized spacial score (nSPS) is 12.6. The highest BCUT2D eigenvalue weighted by molar-refractivity contribution is 7.99. The summed E-state index contributed by atoms with van der Waals surface area (Å²) in [7, 11) is 1.65. The van der Waals surface area contributed by atoms with Gasteiger partial charge >= 0.3 is 0 Å². The lowest BCUT2D eigenvalue weighted by Crippen LogP contribution is -2.19. The molecule has 0 saturated carbocycles. The van der Waals surface area contributed by atoms with E-state index in [0.29, 0.717) is 18.2 Å². The van der Waals surface area contributed by atoms with Gasteiger partial charge in [-0.05, 0) is 0 Å². The Morgan fingerprint density at radius 3 is 2.82 bits per heavy atom. The lowest BCUT2D eigenvalue weighted by Gasteiger charge is -2.06. The van der Waals surface area contributed by atoms with E-state index in [-0.39, 0.29) is 5.91 Å². The number of nitrogens with one attached hydrogen (secondary N) is 1. The third-order valence-corrected chi connectivity index (χ3v) is 2.54. The van der Waals surface area contributed by atoms with Crippen molar-refractivity contribution in [1.29, 1.82) is 0 Å². The average molecular weight is 176 g/mol. The fraction of sp³-hybridized carbons (Fsp3) is 0.857. The molecule has 0 aromatic carbocycles. The number of amides is 1. The monoisotopic (exact) mass is 176 g/mol. The van der Waals surface area contributed by atoms with Gasteiger partial charge in [0.25, 0.3) is 0 Å². The standard InChI is InChI=1S/C7H16N2OS/c1-6(5-8)11-4-3-7(10)9-2/h6H,3-5,8H2,1-2H3,(H,9,10). The molecule has 1 amide bonds. The Balaban J connectivity index is 3.20. The highest BCUT2D eigenvalue weighted by atomic mass is 32.2. The Labute approximate surface area is 72.1 Å². The summed E-state index contributed by atoms with van der Waals surface area (Å²) in [6.45, 7) is 2.74. The van der Waals surface area contributed by atoms with E-state index < -0.39 is 0 Å². The molecule has 66 valence electrons. The average Bonchev–Trinajstić information content (AvgIpc) is 2.04. The molecule has 4 heteroatoms. The van der Waals surface area contributed by atoms with Gasteiger partial charge in [-0.3, -0.25) is 4.79 Å². The Hall–Kier alpha value is -0.220. The van der Waals surface area contributed by atoms with Crippen molar-refractivity contribution in [3.8, 4) is 0 Å². The maximum Gasteiger partial charge on any atom is 0.220 e. The maximum atomic E-state index is 10.7. The summed E-state index contributed by atoms with van der Waals surface area (Å²) < 4.78 is 0. The number of hydrogen-bond acceptors (Lipinski definition) is 3. The zero-order valence-electron chi connectivity index (χ0n) is 7.09. The minimum atomic E-state index is 0.0988. The van der Waals surface area contributed by atoms with E-state index in [2.05, 4.69) is 12.2 Å². The number of thioether (sulfide) groups is 1. The first-order chi connectivity index (χ1) is 5.20. The van der Waals surface area contributed by atoms with Crippen LogP contribution in [0, 0.1) is 0 Å². The van der Waals surface area contributed by atoms with Crippen molar-refractivity contribution in [2.45, 2.75) is 18.6 Å². The van der Waals surface area contributed by atoms with Crippen molar-refractivity contribution in [2.24, 2.45) is 5.73 Å². The summed E-state index contributed by atoms with van der Waals surface area (Å²) in [5, 5.41) is 3.03. The van der Waals surface area contributed by atoms with Crippen LogP contribution >= 0.6 is 11.8 Å². The van der Waals surface area contributed by atoms with Crippen molar-refractivity contribution < 1.29 is 4.79 Å². The van der Waals surface area contributed by atoms with Gasteiger partial charge in [0.05, 0.1) is 0 Å². The Kier molecular flexibility index (Phi) is 6.36. The van der Waals surface area contributed by atoms with E-state index in [0.717, 1.165) is 5.75 Å². The minimum Gasteiger partial charge on any atom is -0.359 e. The van der Waals surface area contributed by atoms with E-state index in [4.69, 9.17) is 5.73 Å². The molecule has 3 nitrogen and oxygen atoms in total. The van der Waals surface area contributed by atoms with Crippen molar-refractivity contribution in [3.63, 3.8) is 0 Å². The predicted molar refractivity (Wildman–Crippen MR) is 49.7 cm³/mol. The molecule has 0 heterocycles. The summed E-state index contributed by atoms with van der Waals surface area (Å²) in [6, 6.07) is 0. The van der Waals surface area contributed by atoms with Gasteiger partial charge in [0.2, 0.25) is 5.91 Å². The van der Waals surface area contributed by atoms with Gasteiger partial charge in [-0.15, -0.1) is 0 Å². The number of carbonyl (C=O) groups is 1. The molecular weight excluding hydrogens is 160 g/mol. The molecule has 0 aliphatic heterocycles. The SMILES string of the molecule is CNC(=O)CCSC(C)CN. The van der Waals surface area contributed by atoms with Gasteiger partial charge in [-0.2, -0.15) is 11.8 Å². The van der Waals surface area contributed by atoms with Gasteiger partial charge in [-0.25, -0.2) is 0 Å². The van der Waals surface area contributed by atoms with Crippen molar-refractivity contribution in [2.75, 3.05) is 19.3 Å². The second-order valence-corrected chi connectivity index (χ2v) is 3.89. The van der Waals surface area contributed by atoms with Crippen LogP contribution in [-0.2, 0) is 4.79 Å². The molecule has 0 bridgehead atoms.